The summed E-state index contributed by atoms with van der Waals surface area (Å²) < 4.78 is 10.7. The van der Waals surface area contributed by atoms with Gasteiger partial charge in [0.05, 0.1) is 22.9 Å². The van der Waals surface area contributed by atoms with E-state index < -0.39 is 0 Å². The van der Waals surface area contributed by atoms with Crippen molar-refractivity contribution in [2.45, 2.75) is 52.5 Å². The van der Waals surface area contributed by atoms with E-state index in [1.54, 1.807) is 24.5 Å². The zero-order valence-electron chi connectivity index (χ0n) is 14.8. The maximum Gasteiger partial charge on any atom is 0.259 e. The van der Waals surface area contributed by atoms with Gasteiger partial charge in [-0.15, -0.1) is 0 Å². The Hall–Kier alpha value is -2.63. The highest BCUT2D eigenvalue weighted by Crippen LogP contribution is 2.27. The molecule has 1 N–H and O–H groups in total. The molecule has 1 amide bonds. The van der Waals surface area contributed by atoms with Crippen LogP contribution in [0.15, 0.2) is 33.4 Å². The summed E-state index contributed by atoms with van der Waals surface area (Å²) in [6.45, 7) is 6.00. The number of fused-ring (bicyclic) bond motifs is 1. The smallest absolute Gasteiger partial charge is 0.259 e. The largest absolute Gasteiger partial charge is 0.463 e. The lowest BCUT2D eigenvalue weighted by molar-refractivity contribution is 0.0939. The molecule has 0 aromatic carbocycles. The van der Waals surface area contributed by atoms with Crippen LogP contribution in [0.4, 0.5) is 0 Å². The maximum absolute atomic E-state index is 12.8. The van der Waals surface area contributed by atoms with Gasteiger partial charge in [-0.1, -0.05) is 31.3 Å². The molecule has 6 heteroatoms. The summed E-state index contributed by atoms with van der Waals surface area (Å²) in [6.07, 6.45) is 5.97. The fourth-order valence-corrected chi connectivity index (χ4v) is 2.90. The molecular formula is C19H23N3O3. The van der Waals surface area contributed by atoms with Crippen molar-refractivity contribution in [1.82, 2.24) is 15.5 Å². The van der Waals surface area contributed by atoms with Gasteiger partial charge < -0.3 is 14.3 Å². The van der Waals surface area contributed by atoms with E-state index in [0.717, 1.165) is 19.3 Å². The number of carbonyl (C=O) groups is 1. The van der Waals surface area contributed by atoms with Crippen LogP contribution < -0.4 is 5.32 Å². The van der Waals surface area contributed by atoms with E-state index in [1.165, 1.54) is 6.42 Å². The van der Waals surface area contributed by atoms with E-state index in [9.17, 15) is 4.79 Å². The second-order valence-electron chi connectivity index (χ2n) is 6.35. The monoisotopic (exact) mass is 341 g/mol. The minimum absolute atomic E-state index is 0.106. The van der Waals surface area contributed by atoms with E-state index in [-0.39, 0.29) is 11.9 Å². The number of hydrogen-bond acceptors (Lipinski definition) is 5. The lowest BCUT2D eigenvalue weighted by atomic mass is 10.1. The highest BCUT2D eigenvalue weighted by molar-refractivity contribution is 6.06. The van der Waals surface area contributed by atoms with Gasteiger partial charge >= 0.3 is 0 Å². The molecular weight excluding hydrogens is 318 g/mol. The fraction of sp³-hybridized carbons (Fsp3) is 0.421. The molecule has 0 fully saturated rings. The average molecular weight is 341 g/mol. The van der Waals surface area contributed by atoms with Gasteiger partial charge in [0.15, 0.2) is 5.76 Å². The molecule has 1 unspecified atom stereocenters. The van der Waals surface area contributed by atoms with Crippen LogP contribution in [-0.4, -0.2) is 22.1 Å². The molecule has 6 nitrogen and oxygen atoms in total. The van der Waals surface area contributed by atoms with Gasteiger partial charge in [-0.2, -0.15) is 0 Å². The van der Waals surface area contributed by atoms with Gasteiger partial charge in [0.1, 0.15) is 5.69 Å². The number of amides is 1. The van der Waals surface area contributed by atoms with Gasteiger partial charge in [0, 0.05) is 6.04 Å². The van der Waals surface area contributed by atoms with Crippen LogP contribution in [0.1, 0.15) is 55.6 Å². The summed E-state index contributed by atoms with van der Waals surface area (Å²) in [7, 11) is 0. The molecule has 0 bridgehead atoms. The van der Waals surface area contributed by atoms with E-state index >= 15 is 0 Å². The van der Waals surface area contributed by atoms with Crippen LogP contribution >= 0.6 is 0 Å². The van der Waals surface area contributed by atoms with Gasteiger partial charge in [0.25, 0.3) is 11.6 Å². The maximum atomic E-state index is 12.8. The van der Waals surface area contributed by atoms with Crippen molar-refractivity contribution in [2.24, 2.45) is 0 Å². The molecule has 3 aromatic rings. The summed E-state index contributed by atoms with van der Waals surface area (Å²) in [5.74, 6) is 0.441. The lowest BCUT2D eigenvalue weighted by Crippen LogP contribution is -2.32. The first kappa shape index (κ1) is 17.2. The van der Waals surface area contributed by atoms with Crippen LogP contribution in [0.5, 0.6) is 0 Å². The van der Waals surface area contributed by atoms with Crippen LogP contribution in [0, 0.1) is 6.92 Å². The molecule has 0 saturated heterocycles. The van der Waals surface area contributed by atoms with Crippen LogP contribution in [0.25, 0.3) is 22.6 Å². The predicted octanol–water partition coefficient (Wildman–Crippen LogP) is 4.49. The van der Waals surface area contributed by atoms with Gasteiger partial charge in [-0.25, -0.2) is 4.98 Å². The van der Waals surface area contributed by atoms with E-state index in [2.05, 4.69) is 22.4 Å². The number of nitrogens with zero attached hydrogens (tertiary/aromatic N) is 2. The average Bonchev–Trinajstić information content (AvgIpc) is 3.24. The second kappa shape index (κ2) is 7.51. The van der Waals surface area contributed by atoms with Crippen molar-refractivity contribution in [3.63, 3.8) is 0 Å². The molecule has 25 heavy (non-hydrogen) atoms. The minimum Gasteiger partial charge on any atom is -0.463 e. The first-order valence-corrected chi connectivity index (χ1v) is 8.72. The number of pyridine rings is 1. The van der Waals surface area contributed by atoms with Crippen molar-refractivity contribution in [1.29, 1.82) is 0 Å². The standard InChI is InChI=1S/C19H23N3O3/c1-4-5-6-8-12(2)20-18(23)14-11-15(16-9-7-10-24-16)21-19-17(14)13(3)22-25-19/h7,9-12H,4-6,8H2,1-3H3,(H,20,23). The number of rotatable bonds is 7. The van der Waals surface area contributed by atoms with Crippen molar-refractivity contribution in [3.05, 3.63) is 35.7 Å². The number of furan rings is 1. The third-order valence-electron chi connectivity index (χ3n) is 4.25. The first-order valence-electron chi connectivity index (χ1n) is 8.72. The fourth-order valence-electron chi connectivity index (χ4n) is 2.90. The van der Waals surface area contributed by atoms with Gasteiger partial charge in [-0.05, 0) is 38.5 Å². The number of carbonyl (C=O) groups excluding carboxylic acids is 1. The number of aromatic nitrogens is 2. The normalized spacial score (nSPS) is 12.4. The molecule has 0 saturated carbocycles. The van der Waals surface area contributed by atoms with Crippen molar-refractivity contribution in [3.8, 4) is 11.5 Å². The second-order valence-corrected chi connectivity index (χ2v) is 6.35. The predicted molar refractivity (Wildman–Crippen MR) is 95.3 cm³/mol. The molecule has 3 rings (SSSR count). The third kappa shape index (κ3) is 3.73. The molecule has 3 heterocycles. The quantitative estimate of drug-likeness (QED) is 0.640. The molecule has 0 aliphatic rings. The van der Waals surface area contributed by atoms with E-state index in [0.29, 0.717) is 33.8 Å². The zero-order valence-corrected chi connectivity index (χ0v) is 14.8. The molecule has 0 radical (unpaired) electrons. The van der Waals surface area contributed by atoms with Crippen LogP contribution in [-0.2, 0) is 0 Å². The Labute approximate surface area is 146 Å². The highest BCUT2D eigenvalue weighted by atomic mass is 16.5. The molecule has 0 spiro atoms. The summed E-state index contributed by atoms with van der Waals surface area (Å²) in [5.41, 5.74) is 2.06. The lowest BCUT2D eigenvalue weighted by Gasteiger charge is -2.14. The van der Waals surface area contributed by atoms with E-state index in [4.69, 9.17) is 8.94 Å². The summed E-state index contributed by atoms with van der Waals surface area (Å²) in [5, 5.41) is 7.67. The Bertz CT molecular complexity index is 852. The van der Waals surface area contributed by atoms with Gasteiger partial charge in [-0.3, -0.25) is 4.79 Å². The third-order valence-corrected chi connectivity index (χ3v) is 4.25. The molecule has 0 aliphatic carbocycles. The zero-order chi connectivity index (χ0) is 17.8. The highest BCUT2D eigenvalue weighted by Gasteiger charge is 2.21. The Balaban J connectivity index is 1.91. The van der Waals surface area contributed by atoms with Crippen molar-refractivity contribution < 1.29 is 13.7 Å². The molecule has 1 atom stereocenters. The van der Waals surface area contributed by atoms with Crippen molar-refractivity contribution >= 4 is 17.0 Å². The summed E-state index contributed by atoms with van der Waals surface area (Å²) in [6, 6.07) is 5.42. The molecule has 0 aliphatic heterocycles. The molecule has 3 aromatic heterocycles. The Morgan fingerprint density at radius 3 is 2.92 bits per heavy atom. The molecule has 132 valence electrons. The topological polar surface area (TPSA) is 81.2 Å². The Kier molecular flexibility index (Phi) is 5.16. The number of hydrogen-bond donors (Lipinski definition) is 1. The number of aryl methyl sites for hydroxylation is 1. The van der Waals surface area contributed by atoms with Crippen LogP contribution in [0.3, 0.4) is 0 Å². The minimum atomic E-state index is -0.143. The van der Waals surface area contributed by atoms with E-state index in [1.807, 2.05) is 13.8 Å². The Morgan fingerprint density at radius 2 is 2.20 bits per heavy atom. The SMILES string of the molecule is CCCCCC(C)NC(=O)c1cc(-c2ccco2)nc2onc(C)c12. The summed E-state index contributed by atoms with van der Waals surface area (Å²) in [4.78, 5) is 17.3. The van der Waals surface area contributed by atoms with Gasteiger partial charge in [0.2, 0.25) is 0 Å². The number of nitrogens with one attached hydrogen (secondary N) is 1. The number of unbranched alkanes of at least 4 members (excludes halogenated alkanes) is 2. The van der Waals surface area contributed by atoms with Crippen LogP contribution in [0.2, 0.25) is 0 Å². The Morgan fingerprint density at radius 1 is 1.36 bits per heavy atom. The van der Waals surface area contributed by atoms with Crippen molar-refractivity contribution in [2.75, 3.05) is 0 Å². The first-order chi connectivity index (χ1) is 12.1. The summed E-state index contributed by atoms with van der Waals surface area (Å²) >= 11 is 0.